The molecule has 0 fully saturated rings. The van der Waals surface area contributed by atoms with Crippen molar-refractivity contribution in [2.75, 3.05) is 35.6 Å². The second-order valence-corrected chi connectivity index (χ2v) is 7.96. The minimum Gasteiger partial charge on any atom is -0.494 e. The summed E-state index contributed by atoms with van der Waals surface area (Å²) in [6.07, 6.45) is 1.02. The molecule has 0 aliphatic heterocycles. The Morgan fingerprint density at radius 3 is 2.41 bits per heavy atom. The Labute approximate surface area is 170 Å². The highest BCUT2D eigenvalue weighted by Gasteiger charge is 2.21. The van der Waals surface area contributed by atoms with Crippen LogP contribution < -0.4 is 14.4 Å². The van der Waals surface area contributed by atoms with Gasteiger partial charge in [0.2, 0.25) is 15.9 Å². The Hall–Kier alpha value is -3.07. The number of rotatable bonds is 9. The van der Waals surface area contributed by atoms with E-state index < -0.39 is 28.4 Å². The van der Waals surface area contributed by atoms with Crippen LogP contribution in [0.5, 0.6) is 5.75 Å². The largest absolute Gasteiger partial charge is 0.494 e. The highest BCUT2D eigenvalue weighted by Crippen LogP contribution is 2.23. The van der Waals surface area contributed by atoms with E-state index in [4.69, 9.17) is 9.47 Å². The summed E-state index contributed by atoms with van der Waals surface area (Å²) < 4.78 is 35.8. The van der Waals surface area contributed by atoms with E-state index in [1.807, 2.05) is 6.92 Å². The van der Waals surface area contributed by atoms with Crippen LogP contribution in [-0.2, 0) is 19.6 Å². The third kappa shape index (κ3) is 6.49. The Morgan fingerprint density at radius 1 is 1.03 bits per heavy atom. The molecule has 0 saturated heterocycles. The number of anilines is 2. The van der Waals surface area contributed by atoms with Crippen LogP contribution in [0.15, 0.2) is 48.5 Å². The predicted octanol–water partition coefficient (Wildman–Crippen LogP) is 2.67. The lowest BCUT2D eigenvalue weighted by Gasteiger charge is -2.22. The van der Waals surface area contributed by atoms with Crippen molar-refractivity contribution in [1.29, 1.82) is 0 Å². The maximum absolute atomic E-state index is 12.5. The summed E-state index contributed by atoms with van der Waals surface area (Å²) in [4.78, 5) is 24.3. The SMILES string of the molecule is CCOC(=O)c1cccc(NC(=O)CN(c2cccc(OCC)c2)S(C)(=O)=O)c1. The van der Waals surface area contributed by atoms with Crippen LogP contribution >= 0.6 is 0 Å². The zero-order chi connectivity index (χ0) is 21.4. The molecule has 1 amide bonds. The zero-order valence-electron chi connectivity index (χ0n) is 16.5. The molecule has 1 N–H and O–H groups in total. The van der Waals surface area contributed by atoms with Gasteiger partial charge in [-0.15, -0.1) is 0 Å². The van der Waals surface area contributed by atoms with Crippen LogP contribution in [0, 0.1) is 0 Å². The quantitative estimate of drug-likeness (QED) is 0.626. The van der Waals surface area contributed by atoms with Crippen molar-refractivity contribution in [3.8, 4) is 5.75 Å². The number of carbonyl (C=O) groups is 2. The van der Waals surface area contributed by atoms with Crippen molar-refractivity contribution in [3.05, 3.63) is 54.1 Å². The molecule has 2 rings (SSSR count). The van der Waals surface area contributed by atoms with E-state index in [9.17, 15) is 18.0 Å². The Balaban J connectivity index is 2.19. The van der Waals surface area contributed by atoms with Gasteiger partial charge in [-0.25, -0.2) is 13.2 Å². The minimum absolute atomic E-state index is 0.236. The number of hydrogen-bond donors (Lipinski definition) is 1. The first-order valence-corrected chi connectivity index (χ1v) is 10.9. The third-order valence-corrected chi connectivity index (χ3v) is 4.90. The Kier molecular flexibility index (Phi) is 7.60. The molecular weight excluding hydrogens is 396 g/mol. The topological polar surface area (TPSA) is 102 Å². The summed E-state index contributed by atoms with van der Waals surface area (Å²) in [6, 6.07) is 12.7. The molecule has 0 atom stereocenters. The molecule has 0 aromatic heterocycles. The number of amides is 1. The zero-order valence-corrected chi connectivity index (χ0v) is 17.4. The Bertz CT molecular complexity index is 974. The van der Waals surface area contributed by atoms with E-state index in [1.54, 1.807) is 49.4 Å². The van der Waals surface area contributed by atoms with Crippen LogP contribution in [0.3, 0.4) is 0 Å². The first kappa shape index (κ1) is 22.2. The highest BCUT2D eigenvalue weighted by atomic mass is 32.2. The van der Waals surface area contributed by atoms with Gasteiger partial charge in [0.05, 0.1) is 30.7 Å². The number of hydrogen-bond acceptors (Lipinski definition) is 6. The molecule has 0 heterocycles. The number of nitrogens with zero attached hydrogens (tertiary/aromatic N) is 1. The van der Waals surface area contributed by atoms with Gasteiger partial charge in [-0.1, -0.05) is 12.1 Å². The van der Waals surface area contributed by atoms with Crippen LogP contribution in [0.1, 0.15) is 24.2 Å². The van der Waals surface area contributed by atoms with Gasteiger partial charge in [0, 0.05) is 11.8 Å². The standard InChI is InChI=1S/C20H24N2O6S/c1-4-27-18-11-7-10-17(13-18)22(29(3,25)26)14-19(23)21-16-9-6-8-15(12-16)20(24)28-5-2/h6-13H,4-5,14H2,1-3H3,(H,21,23). The first-order valence-electron chi connectivity index (χ1n) is 9.02. The van der Waals surface area contributed by atoms with E-state index in [0.29, 0.717) is 23.7 Å². The molecule has 0 aliphatic carbocycles. The molecule has 29 heavy (non-hydrogen) atoms. The number of sulfonamides is 1. The molecule has 0 aliphatic rings. The maximum Gasteiger partial charge on any atom is 0.338 e. The van der Waals surface area contributed by atoms with E-state index in [0.717, 1.165) is 10.6 Å². The van der Waals surface area contributed by atoms with Crippen LogP contribution in [-0.4, -0.2) is 46.3 Å². The summed E-state index contributed by atoms with van der Waals surface area (Å²) in [5.41, 5.74) is 0.958. The van der Waals surface area contributed by atoms with Gasteiger partial charge < -0.3 is 14.8 Å². The van der Waals surface area contributed by atoms with Crippen LogP contribution in [0.2, 0.25) is 0 Å². The maximum atomic E-state index is 12.5. The average Bonchev–Trinajstić information content (AvgIpc) is 2.66. The minimum atomic E-state index is -3.72. The number of nitrogens with one attached hydrogen (secondary N) is 1. The summed E-state index contributed by atoms with van der Waals surface area (Å²) in [5.74, 6) is -0.562. The molecule has 0 bridgehead atoms. The monoisotopic (exact) mass is 420 g/mol. The fourth-order valence-corrected chi connectivity index (χ4v) is 3.41. The van der Waals surface area contributed by atoms with Crippen LogP contribution in [0.4, 0.5) is 11.4 Å². The normalized spacial score (nSPS) is 10.9. The summed E-state index contributed by atoms with van der Waals surface area (Å²) in [5, 5.41) is 2.61. The van der Waals surface area contributed by atoms with Gasteiger partial charge in [0.1, 0.15) is 12.3 Å². The van der Waals surface area contributed by atoms with Gasteiger partial charge in [0.25, 0.3) is 0 Å². The van der Waals surface area contributed by atoms with E-state index in [-0.39, 0.29) is 12.2 Å². The fraction of sp³-hybridized carbons (Fsp3) is 0.300. The van der Waals surface area contributed by atoms with E-state index in [1.165, 1.54) is 6.07 Å². The molecule has 2 aromatic carbocycles. The van der Waals surface area contributed by atoms with E-state index in [2.05, 4.69) is 5.32 Å². The summed E-state index contributed by atoms with van der Waals surface area (Å²) >= 11 is 0. The van der Waals surface area contributed by atoms with Gasteiger partial charge in [-0.2, -0.15) is 0 Å². The first-order chi connectivity index (χ1) is 13.7. The second kappa shape index (κ2) is 9.92. The molecular formula is C20H24N2O6S. The average molecular weight is 420 g/mol. The lowest BCUT2D eigenvalue weighted by molar-refractivity contribution is -0.114. The molecule has 9 heteroatoms. The van der Waals surface area contributed by atoms with Crippen molar-refractivity contribution in [2.24, 2.45) is 0 Å². The second-order valence-electron chi connectivity index (χ2n) is 6.05. The number of ether oxygens (including phenoxy) is 2. The van der Waals surface area contributed by atoms with Gasteiger partial charge in [-0.05, 0) is 44.2 Å². The third-order valence-electron chi connectivity index (χ3n) is 3.76. The summed E-state index contributed by atoms with van der Waals surface area (Å²) in [6.45, 7) is 3.75. The van der Waals surface area contributed by atoms with Crippen LogP contribution in [0.25, 0.3) is 0 Å². The number of esters is 1. The molecule has 0 spiro atoms. The van der Waals surface area contributed by atoms with Crippen molar-refractivity contribution in [2.45, 2.75) is 13.8 Å². The van der Waals surface area contributed by atoms with Gasteiger partial charge in [0.15, 0.2) is 0 Å². The van der Waals surface area contributed by atoms with E-state index >= 15 is 0 Å². The van der Waals surface area contributed by atoms with Crippen molar-refractivity contribution in [3.63, 3.8) is 0 Å². The van der Waals surface area contributed by atoms with Crippen molar-refractivity contribution in [1.82, 2.24) is 0 Å². The van der Waals surface area contributed by atoms with Crippen molar-refractivity contribution < 1.29 is 27.5 Å². The highest BCUT2D eigenvalue weighted by molar-refractivity contribution is 7.92. The molecule has 0 saturated carbocycles. The predicted molar refractivity (Wildman–Crippen MR) is 111 cm³/mol. The summed E-state index contributed by atoms with van der Waals surface area (Å²) in [7, 11) is -3.72. The van der Waals surface area contributed by atoms with Gasteiger partial charge in [-0.3, -0.25) is 9.10 Å². The van der Waals surface area contributed by atoms with Gasteiger partial charge >= 0.3 is 5.97 Å². The fourth-order valence-electron chi connectivity index (χ4n) is 2.56. The molecule has 2 aromatic rings. The smallest absolute Gasteiger partial charge is 0.338 e. The molecule has 156 valence electrons. The number of benzene rings is 2. The molecule has 0 radical (unpaired) electrons. The molecule has 0 unspecified atom stereocenters. The lowest BCUT2D eigenvalue weighted by Crippen LogP contribution is -2.37. The Morgan fingerprint density at radius 2 is 1.76 bits per heavy atom. The van der Waals surface area contributed by atoms with Crippen molar-refractivity contribution >= 4 is 33.3 Å². The molecule has 8 nitrogen and oxygen atoms in total. The number of carbonyl (C=O) groups excluding carboxylic acids is 2. The lowest BCUT2D eigenvalue weighted by atomic mass is 10.2.